The van der Waals surface area contributed by atoms with E-state index >= 15 is 0 Å². The number of carboxylic acid groups (broad SMARTS) is 1. The molecule has 0 aromatic rings. The zero-order valence-electron chi connectivity index (χ0n) is 7.75. The Kier molecular flexibility index (Phi) is 3.57. The van der Waals surface area contributed by atoms with Crippen LogP contribution in [0.2, 0.25) is 0 Å². The summed E-state index contributed by atoms with van der Waals surface area (Å²) in [6, 6.07) is 0. The zero-order chi connectivity index (χ0) is 8.97. The van der Waals surface area contributed by atoms with Gasteiger partial charge >= 0.3 is 5.97 Å². The quantitative estimate of drug-likeness (QED) is 0.707. The van der Waals surface area contributed by atoms with E-state index in [1.165, 1.54) is 32.1 Å². The third-order valence-electron chi connectivity index (χ3n) is 2.83. The van der Waals surface area contributed by atoms with Crippen molar-refractivity contribution in [2.45, 2.75) is 45.4 Å². The molecule has 0 radical (unpaired) electrons. The van der Waals surface area contributed by atoms with Gasteiger partial charge in [-0.2, -0.15) is 0 Å². The van der Waals surface area contributed by atoms with E-state index in [0.717, 1.165) is 6.42 Å². The molecule has 1 fully saturated rings. The first-order valence-electron chi connectivity index (χ1n) is 4.93. The average Bonchev–Trinajstić information content (AvgIpc) is 2.06. The predicted octanol–water partition coefficient (Wildman–Crippen LogP) is 2.68. The lowest BCUT2D eigenvalue weighted by molar-refractivity contribution is -0.141. The maximum absolute atomic E-state index is 10.6. The highest BCUT2D eigenvalue weighted by atomic mass is 16.4. The summed E-state index contributed by atoms with van der Waals surface area (Å²) in [7, 11) is 0. The Balaban J connectivity index is 2.24. The van der Waals surface area contributed by atoms with Crippen LogP contribution < -0.4 is 0 Å². The van der Waals surface area contributed by atoms with Gasteiger partial charge in [-0.15, -0.1) is 0 Å². The molecule has 1 rings (SSSR count). The Morgan fingerprint density at radius 2 is 2.00 bits per heavy atom. The summed E-state index contributed by atoms with van der Waals surface area (Å²) < 4.78 is 0. The minimum atomic E-state index is -0.638. The van der Waals surface area contributed by atoms with Gasteiger partial charge in [-0.3, -0.25) is 4.79 Å². The standard InChI is InChI=1S/C10H18O2/c1-8(10(11)12)7-9-5-3-2-4-6-9/h8-9H,2-7H2,1H3,(H,11,12). The van der Waals surface area contributed by atoms with Gasteiger partial charge in [0.1, 0.15) is 0 Å². The molecule has 0 aliphatic heterocycles. The fourth-order valence-electron chi connectivity index (χ4n) is 2.02. The number of aliphatic carboxylic acids is 1. The first-order valence-corrected chi connectivity index (χ1v) is 4.93. The van der Waals surface area contributed by atoms with E-state index in [1.807, 2.05) is 6.92 Å². The van der Waals surface area contributed by atoms with Gasteiger partial charge in [-0.1, -0.05) is 39.0 Å². The maximum Gasteiger partial charge on any atom is 0.306 e. The molecule has 0 amide bonds. The molecule has 1 aliphatic rings. The summed E-state index contributed by atoms with van der Waals surface area (Å²) in [6.45, 7) is 1.82. The molecule has 2 heteroatoms. The second-order valence-corrected chi connectivity index (χ2v) is 3.98. The molecular weight excluding hydrogens is 152 g/mol. The molecule has 0 heterocycles. The van der Waals surface area contributed by atoms with Crippen molar-refractivity contribution < 1.29 is 9.90 Å². The first kappa shape index (κ1) is 9.56. The van der Waals surface area contributed by atoms with Crippen LogP contribution in [0.5, 0.6) is 0 Å². The van der Waals surface area contributed by atoms with Crippen LogP contribution >= 0.6 is 0 Å². The van der Waals surface area contributed by atoms with Crippen LogP contribution in [0.3, 0.4) is 0 Å². The van der Waals surface area contributed by atoms with Gasteiger partial charge in [0.05, 0.1) is 5.92 Å². The fourth-order valence-corrected chi connectivity index (χ4v) is 2.02. The van der Waals surface area contributed by atoms with E-state index in [-0.39, 0.29) is 5.92 Å². The zero-order valence-corrected chi connectivity index (χ0v) is 7.75. The van der Waals surface area contributed by atoms with Crippen molar-refractivity contribution >= 4 is 5.97 Å². The van der Waals surface area contributed by atoms with E-state index in [0.29, 0.717) is 5.92 Å². The average molecular weight is 170 g/mol. The number of hydrogen-bond acceptors (Lipinski definition) is 1. The first-order chi connectivity index (χ1) is 5.70. The Hall–Kier alpha value is -0.530. The lowest BCUT2D eigenvalue weighted by Crippen LogP contribution is -2.16. The van der Waals surface area contributed by atoms with Gasteiger partial charge in [0.2, 0.25) is 0 Å². The van der Waals surface area contributed by atoms with Crippen LogP contribution in [0, 0.1) is 11.8 Å². The van der Waals surface area contributed by atoms with Crippen molar-refractivity contribution in [1.82, 2.24) is 0 Å². The summed E-state index contributed by atoms with van der Waals surface area (Å²) >= 11 is 0. The number of carboxylic acids is 1. The van der Waals surface area contributed by atoms with Gasteiger partial charge < -0.3 is 5.11 Å². The Morgan fingerprint density at radius 1 is 1.42 bits per heavy atom. The number of carbonyl (C=O) groups is 1. The molecule has 0 spiro atoms. The van der Waals surface area contributed by atoms with Crippen LogP contribution in [0.15, 0.2) is 0 Å². The summed E-state index contributed by atoms with van der Waals surface area (Å²) in [4.78, 5) is 10.6. The van der Waals surface area contributed by atoms with Crippen LogP contribution in [0.1, 0.15) is 45.4 Å². The monoisotopic (exact) mass is 170 g/mol. The molecule has 12 heavy (non-hydrogen) atoms. The molecule has 2 nitrogen and oxygen atoms in total. The largest absolute Gasteiger partial charge is 0.481 e. The third-order valence-corrected chi connectivity index (χ3v) is 2.83. The predicted molar refractivity (Wildman–Crippen MR) is 48.0 cm³/mol. The Morgan fingerprint density at radius 3 is 2.50 bits per heavy atom. The minimum absolute atomic E-state index is 0.145. The molecule has 0 saturated heterocycles. The summed E-state index contributed by atoms with van der Waals surface area (Å²) in [5, 5.41) is 8.71. The minimum Gasteiger partial charge on any atom is -0.481 e. The highest BCUT2D eigenvalue weighted by Crippen LogP contribution is 2.28. The molecule has 0 aromatic heterocycles. The van der Waals surface area contributed by atoms with Crippen molar-refractivity contribution in [3.63, 3.8) is 0 Å². The van der Waals surface area contributed by atoms with E-state index < -0.39 is 5.97 Å². The van der Waals surface area contributed by atoms with Gasteiger partial charge in [-0.05, 0) is 12.3 Å². The van der Waals surface area contributed by atoms with Gasteiger partial charge in [0.25, 0.3) is 0 Å². The highest BCUT2D eigenvalue weighted by Gasteiger charge is 2.19. The van der Waals surface area contributed by atoms with Gasteiger partial charge in [-0.25, -0.2) is 0 Å². The molecular formula is C10H18O2. The Labute approximate surface area is 74.0 Å². The Bertz CT molecular complexity index is 148. The summed E-state index contributed by atoms with van der Waals surface area (Å²) in [5.41, 5.74) is 0. The second-order valence-electron chi connectivity index (χ2n) is 3.98. The lowest BCUT2D eigenvalue weighted by Gasteiger charge is -2.22. The van der Waals surface area contributed by atoms with E-state index in [4.69, 9.17) is 5.11 Å². The van der Waals surface area contributed by atoms with Crippen molar-refractivity contribution in [1.29, 1.82) is 0 Å². The number of rotatable bonds is 3. The SMILES string of the molecule is CC(CC1CCCCC1)C(=O)O. The van der Waals surface area contributed by atoms with Gasteiger partial charge in [0.15, 0.2) is 0 Å². The molecule has 70 valence electrons. The molecule has 1 saturated carbocycles. The van der Waals surface area contributed by atoms with Crippen molar-refractivity contribution in [3.05, 3.63) is 0 Å². The molecule has 1 atom stereocenters. The maximum atomic E-state index is 10.6. The van der Waals surface area contributed by atoms with Crippen LogP contribution in [-0.4, -0.2) is 11.1 Å². The lowest BCUT2D eigenvalue weighted by atomic mass is 9.83. The summed E-state index contributed by atoms with van der Waals surface area (Å²) in [5.74, 6) is -0.0986. The highest BCUT2D eigenvalue weighted by molar-refractivity contribution is 5.69. The van der Waals surface area contributed by atoms with Gasteiger partial charge in [0, 0.05) is 0 Å². The molecule has 1 unspecified atom stereocenters. The van der Waals surface area contributed by atoms with Crippen LogP contribution in [0.25, 0.3) is 0 Å². The molecule has 1 N–H and O–H groups in total. The van der Waals surface area contributed by atoms with E-state index in [2.05, 4.69) is 0 Å². The van der Waals surface area contributed by atoms with E-state index in [1.54, 1.807) is 0 Å². The second kappa shape index (κ2) is 4.48. The number of hydrogen-bond donors (Lipinski definition) is 1. The van der Waals surface area contributed by atoms with E-state index in [9.17, 15) is 4.79 Å². The van der Waals surface area contributed by atoms with Crippen molar-refractivity contribution in [3.8, 4) is 0 Å². The molecule has 1 aliphatic carbocycles. The molecule has 0 bridgehead atoms. The van der Waals surface area contributed by atoms with Crippen LogP contribution in [-0.2, 0) is 4.79 Å². The molecule has 0 aromatic carbocycles. The van der Waals surface area contributed by atoms with Crippen molar-refractivity contribution in [2.75, 3.05) is 0 Å². The fraction of sp³-hybridized carbons (Fsp3) is 0.900. The smallest absolute Gasteiger partial charge is 0.306 e. The summed E-state index contributed by atoms with van der Waals surface area (Å²) in [6.07, 6.45) is 7.33. The van der Waals surface area contributed by atoms with Crippen molar-refractivity contribution in [2.24, 2.45) is 11.8 Å². The van der Waals surface area contributed by atoms with Crippen LogP contribution in [0.4, 0.5) is 0 Å². The topological polar surface area (TPSA) is 37.3 Å². The normalized spacial score (nSPS) is 22.1. The third kappa shape index (κ3) is 2.84.